The molecule has 0 radical (unpaired) electrons. The molecule has 0 aliphatic rings. The first kappa shape index (κ1) is 151. The molecule has 0 aromatic heterocycles. The largest absolute Gasteiger partial charge is 0.550 e. The van der Waals surface area contributed by atoms with Gasteiger partial charge in [-0.3, -0.25) is 0 Å². The second-order valence-corrected chi connectivity index (χ2v) is 39.2. The quantitative estimate of drug-likeness (QED) is 0.0403. The summed E-state index contributed by atoms with van der Waals surface area (Å²) in [5.41, 5.74) is 0. The molecule has 828 valence electrons. The predicted molar refractivity (Wildman–Crippen MR) is 571 cm³/mol. The fraction of sp³-hybridized carbons (Fsp3) is 0.876. The highest BCUT2D eigenvalue weighted by Gasteiger charge is 2.06. The van der Waals surface area contributed by atoms with Gasteiger partial charge in [-0.2, -0.15) is 0 Å². The van der Waals surface area contributed by atoms with E-state index in [1.165, 1.54) is 405 Å². The smallest absolute Gasteiger partial charge is 0.0445 e. The number of carboxylic acids is 9. The summed E-state index contributed by atoms with van der Waals surface area (Å²) < 4.78 is 0. The zero-order chi connectivity index (χ0) is 105. The molecular formula is C121H227O18-9. The summed E-state index contributed by atoms with van der Waals surface area (Å²) in [5.74, 6) is -8.42. The van der Waals surface area contributed by atoms with E-state index in [9.17, 15) is 89.1 Å². The van der Waals surface area contributed by atoms with Gasteiger partial charge in [0.05, 0.1) is 0 Å². The Morgan fingerprint density at radius 1 is 0.165 bits per heavy atom. The molecule has 0 aliphatic carbocycles. The molecule has 0 fully saturated rings. The van der Waals surface area contributed by atoms with E-state index in [0.717, 1.165) is 154 Å². The summed E-state index contributed by atoms with van der Waals surface area (Å²) in [7, 11) is 0. The van der Waals surface area contributed by atoms with Crippen LogP contribution in [0.4, 0.5) is 0 Å². The lowest BCUT2D eigenvalue weighted by Gasteiger charge is -2.14. The van der Waals surface area contributed by atoms with Crippen LogP contribution in [0.15, 0.2) is 37.0 Å². The van der Waals surface area contributed by atoms with Gasteiger partial charge in [-0.25, -0.2) is 0 Å². The number of carbonyl (C=O) groups is 9. The van der Waals surface area contributed by atoms with Gasteiger partial charge in [0.2, 0.25) is 0 Å². The molecule has 0 amide bonds. The van der Waals surface area contributed by atoms with E-state index in [1.807, 2.05) is 19.9 Å². The Balaban J connectivity index is -0.000000198. The van der Waals surface area contributed by atoms with Gasteiger partial charge >= 0.3 is 0 Å². The molecule has 139 heavy (non-hydrogen) atoms. The van der Waals surface area contributed by atoms with Gasteiger partial charge in [0.15, 0.2) is 0 Å². The van der Waals surface area contributed by atoms with E-state index < -0.39 is 53.7 Å². The number of hydrogen-bond acceptors (Lipinski definition) is 18. The van der Waals surface area contributed by atoms with Crippen molar-refractivity contribution in [1.82, 2.24) is 0 Å². The van der Waals surface area contributed by atoms with Crippen LogP contribution in [0.2, 0.25) is 0 Å². The second kappa shape index (κ2) is 145. The van der Waals surface area contributed by atoms with Crippen LogP contribution in [-0.4, -0.2) is 53.7 Å². The molecule has 0 saturated heterocycles. The average molecular weight is 1970 g/mol. The van der Waals surface area contributed by atoms with E-state index in [1.54, 1.807) is 0 Å². The van der Waals surface area contributed by atoms with Gasteiger partial charge < -0.3 is 89.1 Å². The van der Waals surface area contributed by atoms with Crippen LogP contribution in [0.5, 0.6) is 0 Å². The van der Waals surface area contributed by atoms with Gasteiger partial charge in [-0.1, -0.05) is 529 Å². The summed E-state index contributed by atoms with van der Waals surface area (Å²) in [6.45, 7) is 23.1. The molecular weight excluding hydrogens is 1740 g/mol. The maximum atomic E-state index is 10.3. The molecule has 0 heterocycles. The highest BCUT2D eigenvalue weighted by Crippen LogP contribution is 2.20. The van der Waals surface area contributed by atoms with E-state index in [0.29, 0.717) is 6.42 Å². The van der Waals surface area contributed by atoms with Crippen LogP contribution < -0.4 is 46.0 Å². The van der Waals surface area contributed by atoms with Gasteiger partial charge in [0.25, 0.3) is 0 Å². The Kier molecular flexibility index (Phi) is 158. The molecule has 18 heteroatoms. The summed E-state index contributed by atoms with van der Waals surface area (Å²) in [5, 5.41) is 91.2. The van der Waals surface area contributed by atoms with E-state index in [4.69, 9.17) is 0 Å². The molecule has 0 rings (SSSR count). The minimum atomic E-state index is -0.932. The van der Waals surface area contributed by atoms with Crippen molar-refractivity contribution in [2.45, 2.75) is 679 Å². The Morgan fingerprint density at radius 2 is 0.281 bits per heavy atom. The number of rotatable bonds is 100. The minimum absolute atomic E-state index is 0.215. The molecule has 0 saturated carbocycles. The zero-order valence-corrected chi connectivity index (χ0v) is 92.9. The summed E-state index contributed by atoms with van der Waals surface area (Å²) >= 11 is 0. The lowest BCUT2D eigenvalue weighted by Crippen LogP contribution is -2.30. The van der Waals surface area contributed by atoms with E-state index in [2.05, 4.69) is 79.3 Å². The Labute approximate surface area is 859 Å². The van der Waals surface area contributed by atoms with Crippen molar-refractivity contribution in [2.24, 2.45) is 5.92 Å². The van der Waals surface area contributed by atoms with Crippen LogP contribution in [0.3, 0.4) is 0 Å². The first-order valence-electron chi connectivity index (χ1n) is 59.1. The molecule has 0 spiro atoms. The molecule has 0 aromatic carbocycles. The van der Waals surface area contributed by atoms with Crippen molar-refractivity contribution < 1.29 is 89.1 Å². The summed E-state index contributed by atoms with van der Waals surface area (Å²) in [4.78, 5) is 91.2. The van der Waals surface area contributed by atoms with Gasteiger partial charge in [-0.15, -0.1) is 6.58 Å². The molecule has 0 aliphatic heterocycles. The topological polar surface area (TPSA) is 361 Å². The second-order valence-electron chi connectivity index (χ2n) is 39.2. The first-order chi connectivity index (χ1) is 67.4. The van der Waals surface area contributed by atoms with Crippen LogP contribution in [0.1, 0.15) is 679 Å². The van der Waals surface area contributed by atoms with E-state index >= 15 is 0 Å². The number of carbonyl (C=O) groups excluding carboxylic acids is 9. The average Bonchev–Trinajstić information content (AvgIpc) is 0.987. The normalized spacial score (nSPS) is 10.8. The maximum absolute atomic E-state index is 10.3. The maximum Gasteiger partial charge on any atom is 0.0445 e. The Bertz CT molecular complexity index is 2430. The highest BCUT2D eigenvalue weighted by atomic mass is 16.4. The molecule has 0 bridgehead atoms. The van der Waals surface area contributed by atoms with Crippen molar-refractivity contribution in [3.8, 4) is 0 Å². The first-order valence-corrected chi connectivity index (χ1v) is 59.1. The SMILES string of the molecule is C=CCCCCCCCCC(=O)[O-].CCCCC(CC)C(=O)[O-].CCCCCC(=O)[O-].CCCCCCCC/C=C/CCCCCCCC(=O)[O-].CCCCCCCC/C=C\CCCCCCCC(=O)[O-].CCCCCCCCCCCC(=O)[O-].CCCCCCCCCCCCCC(=O)[O-].CCCCCCCCCCCCCCCC(=O)[O-].CCCCCCCCCCCCCCCCCC(=O)[O-]. The predicted octanol–water partition coefficient (Wildman–Crippen LogP) is 28.2. The van der Waals surface area contributed by atoms with Crippen molar-refractivity contribution in [2.75, 3.05) is 0 Å². The zero-order valence-electron chi connectivity index (χ0n) is 92.9. The lowest BCUT2D eigenvalue weighted by atomic mass is 10.00. The number of carboxylic acid groups (broad SMARTS) is 9. The Morgan fingerprint density at radius 3 is 0.403 bits per heavy atom. The van der Waals surface area contributed by atoms with Crippen molar-refractivity contribution in [3.05, 3.63) is 37.0 Å². The standard InChI is InChI=1S/C18H36O2.2C18H34O2.C16H32O2.C14H28O2.C12H24O2.C11H20O2.C8H16O2.C6H12O2/c3*1-2-3-4-5-6-7-8-9-10-11-12-13-14-15-16-17-18(19)20;1-2-3-4-5-6-7-8-9-10-11-12-13-14-15-16(17)18;1-2-3-4-5-6-7-8-9-10-11-12-13-14(15)16;1-2-3-4-5-6-7-8-9-10-11-12(13)14;1-2-3-4-5-6-7-8-9-10-11(12)13;1-3-5-6-7(4-2)8(9)10;1-2-3-4-5-6(7)8/h2-17H2,1H3,(H,19,20);2*9-10H,2-8,11-17H2,1H3,(H,19,20);2-15H2,1H3,(H,17,18);2-13H2,1H3,(H,15,16);2-11H2,1H3,(H,13,14);2H,1,3-10H2,(H,12,13);7H,3-6H2,1-2H3,(H,9,10);2-5H2,1H3,(H,7,8)/p-9/b;10-9+;10-9-;;;;;;. The van der Waals surface area contributed by atoms with Crippen LogP contribution in [0, 0.1) is 5.92 Å². The van der Waals surface area contributed by atoms with Gasteiger partial charge in [-0.05, 0) is 186 Å². The molecule has 1 atom stereocenters. The third kappa shape index (κ3) is 188. The number of allylic oxidation sites excluding steroid dienone is 5. The third-order valence-corrected chi connectivity index (χ3v) is 25.0. The number of unbranched alkanes of at least 4 members (excludes halogenated alkanes) is 75. The fourth-order valence-corrected chi connectivity index (χ4v) is 15.8. The number of aliphatic carboxylic acids is 9. The molecule has 18 nitrogen and oxygen atoms in total. The highest BCUT2D eigenvalue weighted by molar-refractivity contribution is 5.67. The van der Waals surface area contributed by atoms with Crippen molar-refractivity contribution in [1.29, 1.82) is 0 Å². The third-order valence-electron chi connectivity index (χ3n) is 25.0. The molecule has 0 aromatic rings. The molecule has 0 N–H and O–H groups in total. The number of hydrogen-bond donors (Lipinski definition) is 0. The van der Waals surface area contributed by atoms with Crippen molar-refractivity contribution in [3.63, 3.8) is 0 Å². The van der Waals surface area contributed by atoms with Gasteiger partial charge in [0, 0.05) is 53.7 Å². The monoisotopic (exact) mass is 1970 g/mol. The summed E-state index contributed by atoms with van der Waals surface area (Å²) in [6, 6.07) is 0. The van der Waals surface area contributed by atoms with E-state index in [-0.39, 0.29) is 57.3 Å². The van der Waals surface area contributed by atoms with Crippen LogP contribution in [0.25, 0.3) is 0 Å². The molecule has 1 unspecified atom stereocenters. The van der Waals surface area contributed by atoms with Crippen LogP contribution >= 0.6 is 0 Å². The Hall–Kier alpha value is -5.55. The fourth-order valence-electron chi connectivity index (χ4n) is 15.8. The lowest BCUT2D eigenvalue weighted by molar-refractivity contribution is -0.312. The van der Waals surface area contributed by atoms with Gasteiger partial charge in [0.1, 0.15) is 0 Å². The van der Waals surface area contributed by atoms with Crippen LogP contribution in [-0.2, 0) is 43.2 Å². The van der Waals surface area contributed by atoms with Crippen molar-refractivity contribution >= 4 is 53.7 Å². The summed E-state index contributed by atoms with van der Waals surface area (Å²) in [6.07, 6.45) is 120. The minimum Gasteiger partial charge on any atom is -0.550 e.